The quantitative estimate of drug-likeness (QED) is 0.416. The summed E-state index contributed by atoms with van der Waals surface area (Å²) >= 11 is 1.55. The molecule has 1 aliphatic rings. The van der Waals surface area contributed by atoms with Gasteiger partial charge in [-0.25, -0.2) is 9.78 Å². The molecule has 0 bridgehead atoms. The molecule has 3 aromatic heterocycles. The number of nitrogens with one attached hydrogen (secondary N) is 1. The van der Waals surface area contributed by atoms with Gasteiger partial charge >= 0.3 is 5.69 Å². The number of hydrogen-bond donors (Lipinski definition) is 1. The smallest absolute Gasteiger partial charge is 0.329 e. The van der Waals surface area contributed by atoms with Gasteiger partial charge in [-0.2, -0.15) is 4.98 Å². The molecule has 180 valence electrons. The van der Waals surface area contributed by atoms with Crippen molar-refractivity contribution in [3.05, 3.63) is 45.1 Å². The van der Waals surface area contributed by atoms with Crippen LogP contribution >= 0.6 is 11.8 Å². The Labute approximate surface area is 199 Å². The molecule has 11 heteroatoms. The molecule has 0 amide bonds. The van der Waals surface area contributed by atoms with Gasteiger partial charge in [-0.15, -0.1) is 0 Å². The van der Waals surface area contributed by atoms with Crippen LogP contribution in [0.3, 0.4) is 0 Å². The van der Waals surface area contributed by atoms with Crippen LogP contribution in [-0.2, 0) is 18.3 Å². The Morgan fingerprint density at radius 2 is 1.91 bits per heavy atom. The van der Waals surface area contributed by atoms with Crippen molar-refractivity contribution in [1.82, 2.24) is 24.1 Å². The highest BCUT2D eigenvalue weighted by Gasteiger charge is 2.28. The van der Waals surface area contributed by atoms with Gasteiger partial charge in [0, 0.05) is 32.4 Å². The average molecular weight is 485 g/mol. The third-order valence-corrected chi connectivity index (χ3v) is 7.11. The molecule has 34 heavy (non-hydrogen) atoms. The number of imidazole rings is 1. The molecule has 1 N–H and O–H groups in total. The van der Waals surface area contributed by atoms with Crippen LogP contribution in [0, 0.1) is 5.92 Å². The van der Waals surface area contributed by atoms with Gasteiger partial charge in [0.15, 0.2) is 16.7 Å². The number of rotatable bonds is 6. The second-order valence-electron chi connectivity index (χ2n) is 9.04. The number of para-hydroxylation sites is 2. The lowest BCUT2D eigenvalue weighted by molar-refractivity contribution is -0.00590. The molecule has 1 aromatic carbocycles. The van der Waals surface area contributed by atoms with Crippen molar-refractivity contribution in [2.75, 3.05) is 23.7 Å². The van der Waals surface area contributed by atoms with Gasteiger partial charge in [0.1, 0.15) is 5.52 Å². The molecule has 0 aliphatic carbocycles. The summed E-state index contributed by atoms with van der Waals surface area (Å²) in [4.78, 5) is 38.9. The SMILES string of the molecule is C[C@@H](CSc1nc2ccccc2o1)Cn1c(N2C[C@H](C)O[C@@H](C)C2)nc2c1c(=O)[nH]c(=O)n2C. The molecule has 0 radical (unpaired) electrons. The van der Waals surface area contributed by atoms with Crippen LogP contribution in [-0.4, -0.2) is 55.1 Å². The molecule has 1 aliphatic heterocycles. The highest BCUT2D eigenvalue weighted by atomic mass is 32.2. The van der Waals surface area contributed by atoms with Crippen molar-refractivity contribution in [2.45, 2.75) is 44.7 Å². The van der Waals surface area contributed by atoms with Crippen molar-refractivity contribution in [1.29, 1.82) is 0 Å². The van der Waals surface area contributed by atoms with Crippen molar-refractivity contribution in [2.24, 2.45) is 13.0 Å². The number of anilines is 1. The Morgan fingerprint density at radius 3 is 2.65 bits per heavy atom. The maximum atomic E-state index is 12.9. The fourth-order valence-corrected chi connectivity index (χ4v) is 5.31. The van der Waals surface area contributed by atoms with E-state index in [2.05, 4.69) is 21.8 Å². The zero-order valence-electron chi connectivity index (χ0n) is 19.6. The number of benzene rings is 1. The summed E-state index contributed by atoms with van der Waals surface area (Å²) in [6.45, 7) is 8.04. The molecule has 4 aromatic rings. The van der Waals surface area contributed by atoms with Crippen molar-refractivity contribution >= 4 is 40.0 Å². The van der Waals surface area contributed by atoms with Gasteiger partial charge < -0.3 is 18.6 Å². The predicted molar refractivity (Wildman–Crippen MR) is 132 cm³/mol. The first kappa shape index (κ1) is 22.7. The third kappa shape index (κ3) is 4.25. The number of hydrogen-bond acceptors (Lipinski definition) is 8. The first-order valence-corrected chi connectivity index (χ1v) is 12.4. The number of thioether (sulfide) groups is 1. The third-order valence-electron chi connectivity index (χ3n) is 5.95. The fourth-order valence-electron chi connectivity index (χ4n) is 4.47. The summed E-state index contributed by atoms with van der Waals surface area (Å²) in [7, 11) is 1.62. The Balaban J connectivity index is 1.46. The van der Waals surface area contributed by atoms with Crippen LogP contribution in [0.5, 0.6) is 0 Å². The second kappa shape index (κ2) is 8.95. The molecule has 10 nitrogen and oxygen atoms in total. The minimum atomic E-state index is -0.475. The molecule has 0 spiro atoms. The molecule has 0 saturated carbocycles. The van der Waals surface area contributed by atoms with Crippen molar-refractivity contribution in [3.8, 4) is 0 Å². The number of H-pyrrole nitrogens is 1. The lowest BCUT2D eigenvalue weighted by Gasteiger charge is -2.36. The maximum absolute atomic E-state index is 12.9. The lowest BCUT2D eigenvalue weighted by atomic mass is 10.2. The zero-order valence-corrected chi connectivity index (χ0v) is 20.5. The van der Waals surface area contributed by atoms with Gasteiger partial charge in [0.05, 0.1) is 12.2 Å². The predicted octanol–water partition coefficient (Wildman–Crippen LogP) is 2.61. The van der Waals surface area contributed by atoms with Gasteiger partial charge in [0.2, 0.25) is 5.95 Å². The van der Waals surface area contributed by atoms with Crippen molar-refractivity contribution < 1.29 is 9.15 Å². The van der Waals surface area contributed by atoms with Crippen LogP contribution in [0.25, 0.3) is 22.3 Å². The first-order chi connectivity index (χ1) is 16.3. The molecule has 3 atom stereocenters. The second-order valence-corrected chi connectivity index (χ2v) is 10.0. The number of fused-ring (bicyclic) bond motifs is 2. The summed E-state index contributed by atoms with van der Waals surface area (Å²) in [6, 6.07) is 7.69. The highest BCUT2D eigenvalue weighted by molar-refractivity contribution is 7.99. The van der Waals surface area contributed by atoms with Crippen LogP contribution in [0.1, 0.15) is 20.8 Å². The number of aryl methyl sites for hydroxylation is 1. The number of aromatic amines is 1. The normalized spacial score (nSPS) is 19.8. The van der Waals surface area contributed by atoms with Gasteiger partial charge in [-0.3, -0.25) is 14.3 Å². The van der Waals surface area contributed by atoms with Crippen LogP contribution < -0.4 is 16.1 Å². The van der Waals surface area contributed by atoms with Crippen LogP contribution in [0.4, 0.5) is 5.95 Å². The van der Waals surface area contributed by atoms with E-state index in [1.807, 2.05) is 42.7 Å². The maximum Gasteiger partial charge on any atom is 0.329 e. The Bertz CT molecular complexity index is 1410. The molecule has 1 saturated heterocycles. The van der Waals surface area contributed by atoms with Gasteiger partial charge in [0.25, 0.3) is 10.8 Å². The number of morpholine rings is 1. The fraction of sp³-hybridized carbons (Fsp3) is 0.478. The molecule has 5 rings (SSSR count). The van der Waals surface area contributed by atoms with E-state index < -0.39 is 11.2 Å². The summed E-state index contributed by atoms with van der Waals surface area (Å²) in [5, 5.41) is 0.625. The number of aromatic nitrogens is 5. The summed E-state index contributed by atoms with van der Waals surface area (Å²) in [6.07, 6.45) is 0.0671. The van der Waals surface area contributed by atoms with E-state index in [1.54, 1.807) is 18.8 Å². The molecule has 1 fully saturated rings. The van der Waals surface area contributed by atoms with E-state index in [0.717, 1.165) is 16.9 Å². The molecular formula is C23H28N6O4S. The summed E-state index contributed by atoms with van der Waals surface area (Å²) < 4.78 is 15.1. The number of oxazole rings is 1. The van der Waals surface area contributed by atoms with Crippen LogP contribution in [0.2, 0.25) is 0 Å². The summed E-state index contributed by atoms with van der Waals surface area (Å²) in [5.74, 6) is 1.59. The topological polar surface area (TPSA) is 111 Å². The zero-order chi connectivity index (χ0) is 24.0. The average Bonchev–Trinajstić information content (AvgIpc) is 3.37. The first-order valence-electron chi connectivity index (χ1n) is 11.4. The Hall–Kier alpha value is -3.05. The minimum Gasteiger partial charge on any atom is -0.431 e. The number of nitrogens with zero attached hydrogens (tertiary/aromatic N) is 5. The Morgan fingerprint density at radius 1 is 1.18 bits per heavy atom. The van der Waals surface area contributed by atoms with Crippen molar-refractivity contribution in [3.63, 3.8) is 0 Å². The monoisotopic (exact) mass is 484 g/mol. The minimum absolute atomic E-state index is 0.0336. The standard InChI is InChI=1S/C23H28N6O4S/c1-13(12-34-23-24-16-7-5-6-8-17(16)33-23)9-29-18-19(27(4)22(31)26-20(18)30)25-21(29)28-10-14(2)32-15(3)11-28/h5-8,13-15H,9-12H2,1-4H3,(H,26,30,31)/t13-,14+,15+/m1/s1. The van der Waals surface area contributed by atoms with Crippen LogP contribution in [0.15, 0.2) is 43.5 Å². The van der Waals surface area contributed by atoms with E-state index >= 15 is 0 Å². The van der Waals surface area contributed by atoms with Gasteiger partial charge in [-0.1, -0.05) is 30.8 Å². The van der Waals surface area contributed by atoms with E-state index in [1.165, 1.54) is 4.57 Å². The summed E-state index contributed by atoms with van der Waals surface area (Å²) in [5.41, 5.74) is 1.49. The van der Waals surface area contributed by atoms with E-state index in [4.69, 9.17) is 14.1 Å². The molecule has 4 heterocycles. The van der Waals surface area contributed by atoms with Gasteiger partial charge in [-0.05, 0) is 31.9 Å². The number of ether oxygens (including phenoxy) is 1. The molecule has 0 unspecified atom stereocenters. The highest BCUT2D eigenvalue weighted by Crippen LogP contribution is 2.28. The Kier molecular flexibility index (Phi) is 5.98. The van der Waals surface area contributed by atoms with E-state index in [9.17, 15) is 9.59 Å². The van der Waals surface area contributed by atoms with E-state index in [0.29, 0.717) is 42.0 Å². The molecular weight excluding hydrogens is 456 g/mol. The van der Waals surface area contributed by atoms with E-state index in [-0.39, 0.29) is 18.1 Å². The lowest BCUT2D eigenvalue weighted by Crippen LogP contribution is -2.46. The largest absolute Gasteiger partial charge is 0.431 e.